The predicted octanol–water partition coefficient (Wildman–Crippen LogP) is 4.75. The molecule has 0 aromatic carbocycles. The summed E-state index contributed by atoms with van der Waals surface area (Å²) < 4.78 is 39.2. The molecule has 0 aliphatic heterocycles. The fourth-order valence-corrected chi connectivity index (χ4v) is 1.95. The van der Waals surface area contributed by atoms with Crippen LogP contribution >= 0.6 is 0 Å². The number of halogens is 3. The molecular weight excluding hydrogens is 251 g/mol. The molecule has 2 rings (SSSR count). The van der Waals surface area contributed by atoms with Crippen molar-refractivity contribution in [3.63, 3.8) is 0 Å². The molecule has 0 aromatic heterocycles. The number of hydrogen-bond acceptors (Lipinski definition) is 1. The van der Waals surface area contributed by atoms with E-state index in [9.17, 15) is 13.2 Å². The first-order valence-electron chi connectivity index (χ1n) is 6.22. The monoisotopic (exact) mass is 267 g/mol. The van der Waals surface area contributed by atoms with E-state index < -0.39 is 11.7 Å². The third-order valence-corrected chi connectivity index (χ3v) is 3.18. The zero-order valence-corrected chi connectivity index (χ0v) is 11.0. The summed E-state index contributed by atoms with van der Waals surface area (Å²) in [7, 11) is 0. The lowest BCUT2D eigenvalue weighted by atomic mass is 9.93. The van der Waals surface area contributed by atoms with E-state index in [1.54, 1.807) is 19.9 Å². The molecule has 0 saturated heterocycles. The van der Waals surface area contributed by atoms with Crippen LogP contribution in [0.4, 0.5) is 13.2 Å². The SMILES string of the molecule is C=C(N=C1C(C(F)(F)F)=CC=CC1=C(C)C)C1CC1. The summed E-state index contributed by atoms with van der Waals surface area (Å²) >= 11 is 0. The van der Waals surface area contributed by atoms with Gasteiger partial charge in [0.05, 0.1) is 11.3 Å². The average Bonchev–Trinajstić information content (AvgIpc) is 3.10. The smallest absolute Gasteiger partial charge is 0.253 e. The Balaban J connectivity index is 2.47. The quantitative estimate of drug-likeness (QED) is 0.685. The fourth-order valence-electron chi connectivity index (χ4n) is 1.95. The minimum absolute atomic E-state index is 0.00639. The second-order valence-corrected chi connectivity index (χ2v) is 5.08. The van der Waals surface area contributed by atoms with Crippen molar-refractivity contribution in [3.8, 4) is 0 Å². The highest BCUT2D eigenvalue weighted by Gasteiger charge is 2.39. The third kappa shape index (κ3) is 3.06. The first kappa shape index (κ1) is 13.8. The van der Waals surface area contributed by atoms with Crippen LogP contribution in [0.15, 0.2) is 52.2 Å². The first-order chi connectivity index (χ1) is 8.80. The maximum atomic E-state index is 13.1. The van der Waals surface area contributed by atoms with Gasteiger partial charge in [-0.25, -0.2) is 0 Å². The second-order valence-electron chi connectivity index (χ2n) is 5.08. The van der Waals surface area contributed by atoms with Gasteiger partial charge in [0.15, 0.2) is 0 Å². The Morgan fingerprint density at radius 2 is 1.95 bits per heavy atom. The van der Waals surface area contributed by atoms with Gasteiger partial charge >= 0.3 is 6.18 Å². The van der Waals surface area contributed by atoms with Gasteiger partial charge in [0.25, 0.3) is 0 Å². The number of hydrogen-bond donors (Lipinski definition) is 0. The highest BCUT2D eigenvalue weighted by Crippen LogP contribution is 2.38. The molecule has 0 aromatic rings. The maximum Gasteiger partial charge on any atom is 0.418 e. The van der Waals surface area contributed by atoms with Crippen LogP contribution in [0.5, 0.6) is 0 Å². The second kappa shape index (κ2) is 4.83. The molecule has 0 heterocycles. The van der Waals surface area contributed by atoms with Crippen molar-refractivity contribution in [2.45, 2.75) is 32.9 Å². The van der Waals surface area contributed by atoms with Crippen molar-refractivity contribution in [1.29, 1.82) is 0 Å². The van der Waals surface area contributed by atoms with Crippen LogP contribution in [0, 0.1) is 5.92 Å². The average molecular weight is 267 g/mol. The number of alkyl halides is 3. The lowest BCUT2D eigenvalue weighted by molar-refractivity contribution is -0.0860. The Morgan fingerprint density at radius 1 is 1.32 bits per heavy atom. The Hall–Kier alpha value is -1.58. The highest BCUT2D eigenvalue weighted by atomic mass is 19.4. The van der Waals surface area contributed by atoms with Gasteiger partial charge in [0.1, 0.15) is 0 Å². The first-order valence-corrected chi connectivity index (χ1v) is 6.22. The number of aliphatic imine (C=N–C) groups is 1. The number of nitrogens with zero attached hydrogens (tertiary/aromatic N) is 1. The van der Waals surface area contributed by atoms with E-state index in [0.29, 0.717) is 11.3 Å². The summed E-state index contributed by atoms with van der Waals surface area (Å²) in [4.78, 5) is 4.17. The molecule has 4 heteroatoms. The van der Waals surface area contributed by atoms with Crippen LogP contribution in [0.1, 0.15) is 26.7 Å². The Kier molecular flexibility index (Phi) is 3.52. The van der Waals surface area contributed by atoms with Crippen LogP contribution in [0.3, 0.4) is 0 Å². The molecular formula is C15H16F3N. The lowest BCUT2D eigenvalue weighted by Crippen LogP contribution is -2.23. The van der Waals surface area contributed by atoms with Crippen LogP contribution in [-0.2, 0) is 0 Å². The van der Waals surface area contributed by atoms with E-state index in [-0.39, 0.29) is 11.6 Å². The Labute approximate surface area is 110 Å². The predicted molar refractivity (Wildman–Crippen MR) is 71.0 cm³/mol. The van der Waals surface area contributed by atoms with Gasteiger partial charge in [0.2, 0.25) is 0 Å². The molecule has 2 aliphatic rings. The molecule has 1 fully saturated rings. The minimum Gasteiger partial charge on any atom is -0.253 e. The summed E-state index contributed by atoms with van der Waals surface area (Å²) in [6.07, 6.45) is 1.72. The van der Waals surface area contributed by atoms with Crippen LogP contribution < -0.4 is 0 Å². The van der Waals surface area contributed by atoms with Crippen LogP contribution in [0.2, 0.25) is 0 Å². The van der Waals surface area contributed by atoms with Crippen molar-refractivity contribution in [2.75, 3.05) is 0 Å². The number of allylic oxidation sites excluding steroid dienone is 7. The molecule has 0 atom stereocenters. The molecule has 19 heavy (non-hydrogen) atoms. The summed E-state index contributed by atoms with van der Waals surface area (Å²) in [6.45, 7) is 7.36. The van der Waals surface area contributed by atoms with Crippen molar-refractivity contribution >= 4 is 5.71 Å². The standard InChI is InChI=1S/C15H16F3N/c1-9(2)12-5-4-6-13(15(16,17)18)14(12)19-10(3)11-7-8-11/h4-6,11H,3,7-8H2,1-2H3. The molecule has 2 aliphatic carbocycles. The molecule has 0 N–H and O–H groups in total. The van der Waals surface area contributed by atoms with Gasteiger partial charge in [0, 0.05) is 11.6 Å². The zero-order chi connectivity index (χ0) is 14.2. The molecule has 0 radical (unpaired) electrons. The lowest BCUT2D eigenvalue weighted by Gasteiger charge is -2.19. The van der Waals surface area contributed by atoms with Crippen LogP contribution in [-0.4, -0.2) is 11.9 Å². The van der Waals surface area contributed by atoms with Gasteiger partial charge in [-0.05, 0) is 38.3 Å². The summed E-state index contributed by atoms with van der Waals surface area (Å²) in [5.74, 6) is 0.256. The van der Waals surface area contributed by atoms with Crippen molar-refractivity contribution in [1.82, 2.24) is 0 Å². The molecule has 0 spiro atoms. The van der Waals surface area contributed by atoms with E-state index in [1.807, 2.05) is 0 Å². The van der Waals surface area contributed by atoms with E-state index in [0.717, 1.165) is 24.5 Å². The molecule has 1 saturated carbocycles. The van der Waals surface area contributed by atoms with Crippen molar-refractivity contribution < 1.29 is 13.2 Å². The van der Waals surface area contributed by atoms with Gasteiger partial charge in [-0.1, -0.05) is 24.3 Å². The fraction of sp³-hybridized carbons (Fsp3) is 0.400. The van der Waals surface area contributed by atoms with Crippen molar-refractivity contribution in [2.24, 2.45) is 10.9 Å². The summed E-state index contributed by atoms with van der Waals surface area (Å²) in [5.41, 5.74) is 1.23. The van der Waals surface area contributed by atoms with Crippen molar-refractivity contribution in [3.05, 3.63) is 47.2 Å². The van der Waals surface area contributed by atoms with E-state index in [2.05, 4.69) is 11.6 Å². The number of rotatable bonds is 2. The molecule has 0 unspecified atom stereocenters. The van der Waals surface area contributed by atoms with E-state index in [1.165, 1.54) is 6.08 Å². The topological polar surface area (TPSA) is 12.4 Å². The zero-order valence-electron chi connectivity index (χ0n) is 11.0. The third-order valence-electron chi connectivity index (χ3n) is 3.18. The molecule has 0 bridgehead atoms. The molecule has 0 amide bonds. The molecule has 1 nitrogen and oxygen atoms in total. The van der Waals surface area contributed by atoms with Gasteiger partial charge < -0.3 is 0 Å². The largest absolute Gasteiger partial charge is 0.418 e. The highest BCUT2D eigenvalue weighted by molar-refractivity contribution is 6.16. The Morgan fingerprint density at radius 3 is 2.42 bits per heavy atom. The van der Waals surface area contributed by atoms with E-state index in [4.69, 9.17) is 0 Å². The van der Waals surface area contributed by atoms with Gasteiger partial charge in [-0.15, -0.1) is 0 Å². The molecule has 102 valence electrons. The summed E-state index contributed by atoms with van der Waals surface area (Å²) in [5, 5.41) is 0. The maximum absolute atomic E-state index is 13.1. The summed E-state index contributed by atoms with van der Waals surface area (Å²) in [6, 6.07) is 0. The normalized spacial score (nSPS) is 21.6. The van der Waals surface area contributed by atoms with Gasteiger partial charge in [-0.3, -0.25) is 4.99 Å². The Bertz CT molecular complexity index is 522. The van der Waals surface area contributed by atoms with Gasteiger partial charge in [-0.2, -0.15) is 13.2 Å². The van der Waals surface area contributed by atoms with Crippen LogP contribution in [0.25, 0.3) is 0 Å². The van der Waals surface area contributed by atoms with E-state index >= 15 is 0 Å². The minimum atomic E-state index is -4.39.